The summed E-state index contributed by atoms with van der Waals surface area (Å²) in [6.45, 7) is 4.96. The topological polar surface area (TPSA) is 110 Å². The maximum Gasteiger partial charge on any atom is 0.274 e. The van der Waals surface area contributed by atoms with Crippen molar-refractivity contribution in [3.05, 3.63) is 63.7 Å². The predicted octanol–water partition coefficient (Wildman–Crippen LogP) is 3.43. The Balaban J connectivity index is 2.34. The van der Waals surface area contributed by atoms with Gasteiger partial charge in [-0.25, -0.2) is 8.42 Å². The molecule has 0 aliphatic rings. The molecular weight excluding hydrogens is 382 g/mol. The number of rotatable bonds is 7. The van der Waals surface area contributed by atoms with Gasteiger partial charge in [0.05, 0.1) is 28.1 Å². The number of nitro groups is 1. The number of amides is 1. The van der Waals surface area contributed by atoms with Crippen LogP contribution in [0.5, 0.6) is 0 Å². The summed E-state index contributed by atoms with van der Waals surface area (Å²) >= 11 is 0. The minimum atomic E-state index is -3.73. The third-order valence-corrected chi connectivity index (χ3v) is 5.42. The molecule has 0 aliphatic heterocycles. The van der Waals surface area contributed by atoms with Gasteiger partial charge >= 0.3 is 0 Å². The molecule has 1 N–H and O–H groups in total. The molecule has 2 aromatic carbocycles. The summed E-state index contributed by atoms with van der Waals surface area (Å²) in [6, 6.07) is 11.3. The molecule has 8 nitrogen and oxygen atoms in total. The molecule has 0 aliphatic carbocycles. The van der Waals surface area contributed by atoms with Crippen LogP contribution in [-0.4, -0.2) is 32.0 Å². The van der Waals surface area contributed by atoms with Crippen molar-refractivity contribution < 1.29 is 18.1 Å². The summed E-state index contributed by atoms with van der Waals surface area (Å²) < 4.78 is 25.8. The molecule has 28 heavy (non-hydrogen) atoms. The number of para-hydroxylation sites is 1. The Kier molecular flexibility index (Phi) is 6.40. The number of nitro benzene ring substituents is 1. The van der Waals surface area contributed by atoms with Crippen LogP contribution in [0, 0.1) is 17.0 Å². The molecule has 0 saturated carbocycles. The summed E-state index contributed by atoms with van der Waals surface area (Å²) in [6.07, 6.45) is 1.04. The maximum absolute atomic E-state index is 12.6. The van der Waals surface area contributed by atoms with Crippen LogP contribution in [0.4, 0.5) is 17.1 Å². The van der Waals surface area contributed by atoms with Crippen LogP contribution in [0.1, 0.15) is 30.9 Å². The first-order valence-electron chi connectivity index (χ1n) is 8.63. The molecule has 0 unspecified atom stereocenters. The molecule has 0 atom stereocenters. The van der Waals surface area contributed by atoms with Gasteiger partial charge < -0.3 is 5.32 Å². The summed E-state index contributed by atoms with van der Waals surface area (Å²) in [4.78, 5) is 23.1. The smallest absolute Gasteiger partial charge is 0.274 e. The van der Waals surface area contributed by atoms with Crippen LogP contribution in [0.25, 0.3) is 0 Å². The highest BCUT2D eigenvalue weighted by atomic mass is 32.2. The van der Waals surface area contributed by atoms with Crippen LogP contribution in [-0.2, 0) is 14.8 Å². The van der Waals surface area contributed by atoms with Gasteiger partial charge in [-0.05, 0) is 30.5 Å². The number of carbonyl (C=O) groups excluding carboxylic acids is 1. The predicted molar refractivity (Wildman–Crippen MR) is 109 cm³/mol. The van der Waals surface area contributed by atoms with Crippen molar-refractivity contribution in [1.82, 2.24) is 0 Å². The number of carbonyl (C=O) groups is 1. The quantitative estimate of drug-likeness (QED) is 0.560. The van der Waals surface area contributed by atoms with Gasteiger partial charge in [-0.3, -0.25) is 19.2 Å². The van der Waals surface area contributed by atoms with E-state index in [2.05, 4.69) is 5.32 Å². The molecule has 9 heteroatoms. The van der Waals surface area contributed by atoms with E-state index in [1.807, 2.05) is 26.0 Å². The third-order valence-electron chi connectivity index (χ3n) is 4.29. The van der Waals surface area contributed by atoms with Crippen LogP contribution < -0.4 is 9.62 Å². The van der Waals surface area contributed by atoms with E-state index in [1.165, 1.54) is 25.1 Å². The van der Waals surface area contributed by atoms with Crippen molar-refractivity contribution in [3.63, 3.8) is 0 Å². The lowest BCUT2D eigenvalue weighted by molar-refractivity contribution is -0.385. The van der Waals surface area contributed by atoms with E-state index in [1.54, 1.807) is 12.1 Å². The lowest BCUT2D eigenvalue weighted by Crippen LogP contribution is -2.38. The van der Waals surface area contributed by atoms with Gasteiger partial charge in [-0.2, -0.15) is 0 Å². The highest BCUT2D eigenvalue weighted by Crippen LogP contribution is 2.29. The zero-order chi connectivity index (χ0) is 21.1. The number of sulfonamides is 1. The first-order valence-corrected chi connectivity index (χ1v) is 10.5. The molecule has 150 valence electrons. The van der Waals surface area contributed by atoms with Crippen molar-refractivity contribution in [2.75, 3.05) is 22.4 Å². The molecule has 2 rings (SSSR count). The fourth-order valence-corrected chi connectivity index (χ4v) is 3.74. The summed E-state index contributed by atoms with van der Waals surface area (Å²) in [5, 5.41) is 13.6. The van der Waals surface area contributed by atoms with Crippen molar-refractivity contribution in [2.24, 2.45) is 0 Å². The molecule has 0 saturated heterocycles. The fourth-order valence-electron chi connectivity index (χ4n) is 2.86. The zero-order valence-electron chi connectivity index (χ0n) is 16.2. The van der Waals surface area contributed by atoms with Crippen molar-refractivity contribution in [2.45, 2.75) is 26.7 Å². The average molecular weight is 405 g/mol. The van der Waals surface area contributed by atoms with E-state index in [-0.39, 0.29) is 17.3 Å². The van der Waals surface area contributed by atoms with E-state index >= 15 is 0 Å². The Morgan fingerprint density at radius 1 is 1.18 bits per heavy atom. The monoisotopic (exact) mass is 405 g/mol. The van der Waals surface area contributed by atoms with E-state index in [4.69, 9.17) is 0 Å². The lowest BCUT2D eigenvalue weighted by Gasteiger charge is -2.25. The van der Waals surface area contributed by atoms with Crippen molar-refractivity contribution in [3.8, 4) is 0 Å². The Bertz CT molecular complexity index is 1000. The van der Waals surface area contributed by atoms with Crippen LogP contribution in [0.2, 0.25) is 0 Å². The number of benzene rings is 2. The Morgan fingerprint density at radius 2 is 1.82 bits per heavy atom. The zero-order valence-corrected chi connectivity index (χ0v) is 17.0. The van der Waals surface area contributed by atoms with Gasteiger partial charge in [-0.15, -0.1) is 0 Å². The normalized spacial score (nSPS) is 11.3. The minimum absolute atomic E-state index is 0.0579. The van der Waals surface area contributed by atoms with Crippen molar-refractivity contribution in [1.29, 1.82) is 0 Å². The summed E-state index contributed by atoms with van der Waals surface area (Å²) in [5.41, 5.74) is 1.68. The average Bonchev–Trinajstić information content (AvgIpc) is 2.60. The second-order valence-corrected chi connectivity index (χ2v) is 8.64. The first-order chi connectivity index (χ1) is 13.0. The minimum Gasteiger partial charge on any atom is -0.324 e. The highest BCUT2D eigenvalue weighted by Gasteiger charge is 2.24. The second kappa shape index (κ2) is 8.39. The fraction of sp³-hybridized carbons (Fsp3) is 0.316. The van der Waals surface area contributed by atoms with Gasteiger partial charge in [0.2, 0.25) is 15.9 Å². The number of nitrogens with one attached hydrogen (secondary N) is 1. The van der Waals surface area contributed by atoms with Gasteiger partial charge in [0, 0.05) is 6.07 Å². The first kappa shape index (κ1) is 21.4. The van der Waals surface area contributed by atoms with E-state index in [9.17, 15) is 23.3 Å². The van der Waals surface area contributed by atoms with Gasteiger partial charge in [0.15, 0.2) is 0 Å². The molecule has 0 aromatic heterocycles. The number of hydrogen-bond acceptors (Lipinski definition) is 5. The summed E-state index contributed by atoms with van der Waals surface area (Å²) in [7, 11) is -3.73. The molecule has 2 aromatic rings. The molecule has 0 spiro atoms. The summed E-state index contributed by atoms with van der Waals surface area (Å²) in [5.74, 6) is -0.532. The standard InChI is InChI=1S/C19H23N3O5S/c1-13(2)15-8-5-6-10-18(15)21(28(4,26)27)12-19(23)20-16-9-7-11-17(14(16)3)22(24)25/h5-11,13H,12H2,1-4H3,(H,20,23). The Labute approximate surface area is 164 Å². The van der Waals surface area contributed by atoms with Crippen LogP contribution in [0.3, 0.4) is 0 Å². The Hall–Kier alpha value is -2.94. The van der Waals surface area contributed by atoms with Crippen LogP contribution >= 0.6 is 0 Å². The SMILES string of the molecule is Cc1c(NC(=O)CN(c2ccccc2C(C)C)S(C)(=O)=O)cccc1[N+](=O)[O-]. The molecule has 0 bridgehead atoms. The van der Waals surface area contributed by atoms with E-state index in [0.717, 1.165) is 16.1 Å². The molecule has 1 amide bonds. The van der Waals surface area contributed by atoms with E-state index < -0.39 is 27.4 Å². The Morgan fingerprint density at radius 3 is 2.39 bits per heavy atom. The number of nitrogens with zero attached hydrogens (tertiary/aromatic N) is 2. The molecular formula is C19H23N3O5S. The van der Waals surface area contributed by atoms with Gasteiger partial charge in [0.1, 0.15) is 6.54 Å². The lowest BCUT2D eigenvalue weighted by atomic mass is 10.0. The maximum atomic E-state index is 12.6. The molecule has 0 radical (unpaired) electrons. The van der Waals surface area contributed by atoms with Gasteiger partial charge in [-0.1, -0.05) is 38.1 Å². The molecule has 0 fully saturated rings. The number of hydrogen-bond donors (Lipinski definition) is 1. The molecule has 0 heterocycles. The van der Waals surface area contributed by atoms with E-state index in [0.29, 0.717) is 11.3 Å². The third kappa shape index (κ3) is 4.86. The second-order valence-electron chi connectivity index (χ2n) is 6.74. The highest BCUT2D eigenvalue weighted by molar-refractivity contribution is 7.92. The van der Waals surface area contributed by atoms with Crippen molar-refractivity contribution >= 4 is 33.0 Å². The largest absolute Gasteiger partial charge is 0.324 e. The van der Waals surface area contributed by atoms with Crippen LogP contribution in [0.15, 0.2) is 42.5 Å². The number of anilines is 2. The van der Waals surface area contributed by atoms with Gasteiger partial charge in [0.25, 0.3) is 5.69 Å².